The highest BCUT2D eigenvalue weighted by molar-refractivity contribution is 6.31. The zero-order valence-electron chi connectivity index (χ0n) is 10.9. The minimum atomic E-state index is -0.409. The number of fused-ring (bicyclic) bond motifs is 1. The van der Waals surface area contributed by atoms with E-state index in [4.69, 9.17) is 22.1 Å². The van der Waals surface area contributed by atoms with Gasteiger partial charge >= 0.3 is 0 Å². The number of hydrogen-bond donors (Lipinski definition) is 2. The average Bonchev–Trinajstić information content (AvgIpc) is 2.46. The molecule has 0 spiro atoms. The first kappa shape index (κ1) is 13.3. The van der Waals surface area contributed by atoms with E-state index in [0.29, 0.717) is 16.3 Å². The van der Waals surface area contributed by atoms with Crippen molar-refractivity contribution in [2.24, 2.45) is 5.73 Å². The molecule has 2 aromatic rings. The molecule has 0 saturated heterocycles. The van der Waals surface area contributed by atoms with Crippen LogP contribution in [0.2, 0.25) is 5.02 Å². The molecule has 1 heterocycles. The van der Waals surface area contributed by atoms with Crippen LogP contribution in [0.25, 0.3) is 0 Å². The first-order valence-corrected chi connectivity index (χ1v) is 6.64. The van der Waals surface area contributed by atoms with E-state index in [1.165, 1.54) is 6.07 Å². The molecule has 5 heteroatoms. The normalized spacial score (nSPS) is 16.9. The number of hydrogen-bond acceptors (Lipinski definition) is 4. The molecule has 4 nitrogen and oxygen atoms in total. The van der Waals surface area contributed by atoms with Crippen LogP contribution in [0.3, 0.4) is 0 Å². The molecule has 0 saturated carbocycles. The summed E-state index contributed by atoms with van der Waals surface area (Å²) in [6.45, 7) is 0. The molecule has 3 rings (SSSR count). The zero-order valence-corrected chi connectivity index (χ0v) is 11.6. The molecule has 21 heavy (non-hydrogen) atoms. The number of nitrogens with zero attached hydrogens (tertiary/aromatic N) is 1. The fourth-order valence-electron chi connectivity index (χ4n) is 2.47. The van der Waals surface area contributed by atoms with Gasteiger partial charge in [-0.3, -0.25) is 0 Å². The van der Waals surface area contributed by atoms with Gasteiger partial charge in [0, 0.05) is 16.7 Å². The molecule has 0 aliphatic carbocycles. The Labute approximate surface area is 126 Å². The quantitative estimate of drug-likeness (QED) is 0.847. The van der Waals surface area contributed by atoms with E-state index in [9.17, 15) is 10.4 Å². The Hall–Kier alpha value is -2.64. The van der Waals surface area contributed by atoms with Crippen molar-refractivity contribution >= 4 is 11.6 Å². The highest BCUT2D eigenvalue weighted by Crippen LogP contribution is 2.44. The van der Waals surface area contributed by atoms with E-state index in [1.807, 2.05) is 18.2 Å². The number of halogens is 1. The number of rotatable bonds is 1. The van der Waals surface area contributed by atoms with Gasteiger partial charge in [0.1, 0.15) is 23.1 Å². The summed E-state index contributed by atoms with van der Waals surface area (Å²) >= 11 is 6.26. The second kappa shape index (κ2) is 5.04. The summed E-state index contributed by atoms with van der Waals surface area (Å²) in [6, 6.07) is 14.1. The van der Waals surface area contributed by atoms with Crippen LogP contribution >= 0.6 is 11.6 Å². The molecular weight excluding hydrogens is 288 g/mol. The highest BCUT2D eigenvalue weighted by atomic mass is 35.5. The number of phenolic OH excluding ortho intramolecular Hbond substituents is 1. The molecule has 0 bridgehead atoms. The van der Waals surface area contributed by atoms with Gasteiger partial charge in [-0.05, 0) is 17.7 Å². The fraction of sp³-hybridized carbons (Fsp3) is 0.0625. The van der Waals surface area contributed by atoms with E-state index >= 15 is 0 Å². The summed E-state index contributed by atoms with van der Waals surface area (Å²) in [6.07, 6.45) is 0. The van der Waals surface area contributed by atoms with Gasteiger partial charge in [0.25, 0.3) is 0 Å². The van der Waals surface area contributed by atoms with Gasteiger partial charge in [0.15, 0.2) is 0 Å². The van der Waals surface area contributed by atoms with E-state index in [-0.39, 0.29) is 11.6 Å². The Bertz CT molecular complexity index is 793. The molecule has 0 amide bonds. The molecule has 0 unspecified atom stereocenters. The molecule has 1 aliphatic rings. The van der Waals surface area contributed by atoms with Crippen molar-refractivity contribution in [3.63, 3.8) is 0 Å². The second-order valence-corrected chi connectivity index (χ2v) is 5.08. The van der Waals surface area contributed by atoms with Crippen molar-refractivity contribution in [2.75, 3.05) is 0 Å². The topological polar surface area (TPSA) is 79.3 Å². The van der Waals surface area contributed by atoms with Crippen LogP contribution < -0.4 is 10.5 Å². The number of phenols is 1. The molecule has 0 radical (unpaired) electrons. The fourth-order valence-corrected chi connectivity index (χ4v) is 2.72. The van der Waals surface area contributed by atoms with E-state index in [0.717, 1.165) is 11.1 Å². The minimum absolute atomic E-state index is 0.0283. The lowest BCUT2D eigenvalue weighted by Crippen LogP contribution is -2.21. The molecule has 3 N–H and O–H groups in total. The predicted octanol–water partition coefficient (Wildman–Crippen LogP) is 3.26. The van der Waals surface area contributed by atoms with Crippen molar-refractivity contribution in [1.29, 1.82) is 5.26 Å². The minimum Gasteiger partial charge on any atom is -0.508 e. The summed E-state index contributed by atoms with van der Waals surface area (Å²) in [5.41, 5.74) is 7.66. The van der Waals surface area contributed by atoms with Crippen molar-refractivity contribution in [1.82, 2.24) is 0 Å². The molecule has 0 fully saturated rings. The SMILES string of the molecule is N#CC1=C(N)Oc2cc(O)ccc2[C@H]1c1ccccc1Cl. The second-order valence-electron chi connectivity index (χ2n) is 4.67. The number of allylic oxidation sites excluding steroid dienone is 1. The summed E-state index contributed by atoms with van der Waals surface area (Å²) < 4.78 is 5.44. The lowest BCUT2D eigenvalue weighted by Gasteiger charge is -2.27. The molecular formula is C16H11ClN2O2. The van der Waals surface area contributed by atoms with E-state index < -0.39 is 5.92 Å². The number of ether oxygens (including phenoxy) is 1. The van der Waals surface area contributed by atoms with Gasteiger partial charge < -0.3 is 15.6 Å². The van der Waals surface area contributed by atoms with Crippen LogP contribution in [0.1, 0.15) is 17.0 Å². The van der Waals surface area contributed by atoms with Crippen LogP contribution in [0.15, 0.2) is 53.9 Å². The molecule has 1 atom stereocenters. The number of aromatic hydroxyl groups is 1. The Balaban J connectivity index is 2.27. The van der Waals surface area contributed by atoms with Gasteiger partial charge in [-0.2, -0.15) is 5.26 Å². The predicted molar refractivity (Wildman–Crippen MR) is 78.9 cm³/mol. The van der Waals surface area contributed by atoms with Gasteiger partial charge in [0.2, 0.25) is 5.88 Å². The van der Waals surface area contributed by atoms with E-state index in [1.54, 1.807) is 18.2 Å². The first-order valence-electron chi connectivity index (χ1n) is 6.26. The maximum absolute atomic E-state index is 9.58. The Morgan fingerprint density at radius 1 is 1.19 bits per heavy atom. The molecule has 104 valence electrons. The number of nitriles is 1. The first-order chi connectivity index (χ1) is 10.1. The Morgan fingerprint density at radius 3 is 2.67 bits per heavy atom. The monoisotopic (exact) mass is 298 g/mol. The average molecular weight is 299 g/mol. The van der Waals surface area contributed by atoms with Crippen LogP contribution in [-0.4, -0.2) is 5.11 Å². The summed E-state index contributed by atoms with van der Waals surface area (Å²) in [4.78, 5) is 0. The van der Waals surface area contributed by atoms with Crippen molar-refractivity contribution in [3.8, 4) is 17.6 Å². The summed E-state index contributed by atoms with van der Waals surface area (Å²) in [5.74, 6) is 0.116. The van der Waals surface area contributed by atoms with Crippen molar-refractivity contribution < 1.29 is 9.84 Å². The highest BCUT2D eigenvalue weighted by Gasteiger charge is 2.31. The van der Waals surface area contributed by atoms with Gasteiger partial charge in [-0.15, -0.1) is 0 Å². The number of nitrogens with two attached hydrogens (primary N) is 1. The molecule has 2 aromatic carbocycles. The van der Waals surface area contributed by atoms with Crippen LogP contribution in [0, 0.1) is 11.3 Å². The van der Waals surface area contributed by atoms with Crippen molar-refractivity contribution in [2.45, 2.75) is 5.92 Å². The Morgan fingerprint density at radius 2 is 1.95 bits per heavy atom. The molecule has 1 aliphatic heterocycles. The van der Waals surface area contributed by atoms with Gasteiger partial charge in [0.05, 0.1) is 5.92 Å². The maximum atomic E-state index is 9.58. The third kappa shape index (κ3) is 2.18. The van der Waals surface area contributed by atoms with E-state index in [2.05, 4.69) is 6.07 Å². The maximum Gasteiger partial charge on any atom is 0.205 e. The largest absolute Gasteiger partial charge is 0.508 e. The lowest BCUT2D eigenvalue weighted by molar-refractivity contribution is 0.388. The van der Waals surface area contributed by atoms with Gasteiger partial charge in [-0.25, -0.2) is 0 Å². The third-order valence-corrected chi connectivity index (χ3v) is 3.76. The van der Waals surface area contributed by atoms with Crippen LogP contribution in [0.4, 0.5) is 0 Å². The summed E-state index contributed by atoms with van der Waals surface area (Å²) in [5, 5.41) is 19.5. The third-order valence-electron chi connectivity index (χ3n) is 3.42. The summed E-state index contributed by atoms with van der Waals surface area (Å²) in [7, 11) is 0. The number of benzene rings is 2. The Kier molecular flexibility index (Phi) is 3.20. The van der Waals surface area contributed by atoms with Crippen LogP contribution in [0.5, 0.6) is 11.5 Å². The zero-order chi connectivity index (χ0) is 15.0. The smallest absolute Gasteiger partial charge is 0.205 e. The van der Waals surface area contributed by atoms with Gasteiger partial charge in [-0.1, -0.05) is 35.9 Å². The standard InChI is InChI=1S/C16H11ClN2O2/c17-13-4-2-1-3-10(13)15-11-6-5-9(20)7-14(11)21-16(19)12(15)8-18/h1-7,15,20H,19H2/t15-/m1/s1. The lowest BCUT2D eigenvalue weighted by atomic mass is 9.83. The van der Waals surface area contributed by atoms with Crippen LogP contribution in [-0.2, 0) is 0 Å². The van der Waals surface area contributed by atoms with Crippen molar-refractivity contribution in [3.05, 3.63) is 70.1 Å². The molecule has 0 aromatic heterocycles.